The second kappa shape index (κ2) is 3.78. The van der Waals surface area contributed by atoms with Crippen LogP contribution in [0.4, 0.5) is 0 Å². The van der Waals surface area contributed by atoms with Crippen molar-refractivity contribution in [1.29, 1.82) is 5.41 Å². The molecule has 1 fully saturated rings. The minimum absolute atomic E-state index is 0. The number of rotatable bonds is 3. The molecule has 3 N–H and O–H groups in total. The third kappa shape index (κ3) is 2.15. The zero-order chi connectivity index (χ0) is 6.85. The van der Waals surface area contributed by atoms with Crippen LogP contribution in [0.15, 0.2) is 0 Å². The van der Waals surface area contributed by atoms with E-state index in [1.165, 1.54) is 0 Å². The van der Waals surface area contributed by atoms with E-state index in [2.05, 4.69) is 0 Å². The van der Waals surface area contributed by atoms with Gasteiger partial charge in [-0.25, -0.2) is 0 Å². The summed E-state index contributed by atoms with van der Waals surface area (Å²) in [5, 5.41) is 7.07. The van der Waals surface area contributed by atoms with Crippen LogP contribution in [0.5, 0.6) is 0 Å². The van der Waals surface area contributed by atoms with E-state index in [4.69, 9.17) is 15.9 Å². The summed E-state index contributed by atoms with van der Waals surface area (Å²) in [6.45, 7) is 0. The number of halogens is 1. The minimum atomic E-state index is -0.106. The van der Waals surface area contributed by atoms with Crippen molar-refractivity contribution < 1.29 is 4.74 Å². The van der Waals surface area contributed by atoms with Crippen LogP contribution in [-0.4, -0.2) is 19.0 Å². The summed E-state index contributed by atoms with van der Waals surface area (Å²) in [6.07, 6.45) is 2.22. The summed E-state index contributed by atoms with van der Waals surface area (Å²) in [6, 6.07) is 0. The predicted octanol–water partition coefficient (Wildman–Crippen LogP) is 0.769. The first-order chi connectivity index (χ1) is 4.25. The van der Waals surface area contributed by atoms with Gasteiger partial charge in [-0.2, -0.15) is 0 Å². The monoisotopic (exact) mass is 164 g/mol. The SMILES string of the molecule is COC(C(=N)N)C1CC1.Cl. The molecule has 0 aromatic rings. The minimum Gasteiger partial charge on any atom is -0.385 e. The maximum absolute atomic E-state index is 7.07. The summed E-state index contributed by atoms with van der Waals surface area (Å²) in [5.74, 6) is 0.701. The quantitative estimate of drug-likeness (QED) is 0.478. The van der Waals surface area contributed by atoms with Gasteiger partial charge in [-0.05, 0) is 18.8 Å². The number of ether oxygens (including phenoxy) is 1. The summed E-state index contributed by atoms with van der Waals surface area (Å²) in [5.41, 5.74) is 5.25. The molecule has 0 radical (unpaired) electrons. The molecule has 1 atom stereocenters. The van der Waals surface area contributed by atoms with Crippen molar-refractivity contribution >= 4 is 18.2 Å². The van der Waals surface area contributed by atoms with Crippen LogP contribution in [0.2, 0.25) is 0 Å². The maximum atomic E-state index is 7.07. The second-order valence-corrected chi connectivity index (χ2v) is 2.45. The van der Waals surface area contributed by atoms with E-state index >= 15 is 0 Å². The van der Waals surface area contributed by atoms with Crippen LogP contribution >= 0.6 is 12.4 Å². The molecule has 0 saturated heterocycles. The van der Waals surface area contributed by atoms with Crippen molar-refractivity contribution in [3.63, 3.8) is 0 Å². The molecular weight excluding hydrogens is 152 g/mol. The molecular formula is C6H13ClN2O. The van der Waals surface area contributed by atoms with Crippen LogP contribution in [0, 0.1) is 11.3 Å². The van der Waals surface area contributed by atoms with Crippen molar-refractivity contribution in [2.75, 3.05) is 7.11 Å². The Morgan fingerprint density at radius 2 is 2.20 bits per heavy atom. The van der Waals surface area contributed by atoms with Gasteiger partial charge >= 0.3 is 0 Å². The van der Waals surface area contributed by atoms with Crippen LogP contribution in [0.3, 0.4) is 0 Å². The van der Waals surface area contributed by atoms with E-state index in [-0.39, 0.29) is 24.3 Å². The van der Waals surface area contributed by atoms with Crippen LogP contribution in [-0.2, 0) is 4.74 Å². The van der Waals surface area contributed by atoms with Gasteiger partial charge in [0.2, 0.25) is 0 Å². The Morgan fingerprint density at radius 3 is 2.30 bits per heavy atom. The summed E-state index contributed by atoms with van der Waals surface area (Å²) in [7, 11) is 1.60. The number of hydrogen-bond acceptors (Lipinski definition) is 2. The second-order valence-electron chi connectivity index (χ2n) is 2.45. The first-order valence-corrected chi connectivity index (χ1v) is 3.12. The zero-order valence-corrected chi connectivity index (χ0v) is 6.78. The average molecular weight is 165 g/mol. The van der Waals surface area contributed by atoms with Crippen LogP contribution in [0.25, 0.3) is 0 Å². The number of methoxy groups -OCH3 is 1. The van der Waals surface area contributed by atoms with Gasteiger partial charge in [-0.15, -0.1) is 12.4 Å². The van der Waals surface area contributed by atoms with E-state index in [1.54, 1.807) is 7.11 Å². The molecule has 0 aromatic heterocycles. The van der Waals surface area contributed by atoms with E-state index in [0.717, 1.165) is 12.8 Å². The molecule has 1 rings (SSSR count). The van der Waals surface area contributed by atoms with Crippen molar-refractivity contribution in [2.45, 2.75) is 18.9 Å². The summed E-state index contributed by atoms with van der Waals surface area (Å²) >= 11 is 0. The van der Waals surface area contributed by atoms with Gasteiger partial charge in [0.25, 0.3) is 0 Å². The molecule has 0 amide bonds. The average Bonchev–Trinajstić information content (AvgIpc) is 2.50. The van der Waals surface area contributed by atoms with Crippen molar-refractivity contribution in [3.05, 3.63) is 0 Å². The first-order valence-electron chi connectivity index (χ1n) is 3.12. The lowest BCUT2D eigenvalue weighted by atomic mass is 10.2. The van der Waals surface area contributed by atoms with Gasteiger partial charge in [0.1, 0.15) is 11.9 Å². The van der Waals surface area contributed by atoms with Crippen molar-refractivity contribution in [3.8, 4) is 0 Å². The summed E-state index contributed by atoms with van der Waals surface area (Å²) < 4.78 is 4.99. The molecule has 0 heterocycles. The van der Waals surface area contributed by atoms with Gasteiger partial charge in [-0.1, -0.05) is 0 Å². The van der Waals surface area contributed by atoms with Crippen LogP contribution in [0.1, 0.15) is 12.8 Å². The maximum Gasteiger partial charge on any atom is 0.121 e. The molecule has 3 nitrogen and oxygen atoms in total. The van der Waals surface area contributed by atoms with Crippen molar-refractivity contribution in [2.24, 2.45) is 11.7 Å². The molecule has 0 aromatic carbocycles. The largest absolute Gasteiger partial charge is 0.385 e. The fraction of sp³-hybridized carbons (Fsp3) is 0.833. The topological polar surface area (TPSA) is 59.1 Å². The third-order valence-corrected chi connectivity index (χ3v) is 1.61. The molecule has 10 heavy (non-hydrogen) atoms. The first kappa shape index (κ1) is 9.72. The fourth-order valence-corrected chi connectivity index (χ4v) is 0.972. The standard InChI is InChI=1S/C6H12N2O.ClH/c1-9-5(6(7)8)4-2-3-4;/h4-5H,2-3H2,1H3,(H3,7,8);1H. The molecule has 4 heteroatoms. The number of hydrogen-bond donors (Lipinski definition) is 2. The van der Waals surface area contributed by atoms with E-state index in [9.17, 15) is 0 Å². The Kier molecular flexibility index (Phi) is 3.68. The highest BCUT2D eigenvalue weighted by atomic mass is 35.5. The molecule has 1 unspecified atom stereocenters. The lowest BCUT2D eigenvalue weighted by Crippen LogP contribution is -2.31. The van der Waals surface area contributed by atoms with E-state index in [1.807, 2.05) is 0 Å². The highest BCUT2D eigenvalue weighted by Crippen LogP contribution is 2.33. The normalized spacial score (nSPS) is 19.3. The lowest BCUT2D eigenvalue weighted by Gasteiger charge is -2.10. The molecule has 1 aliphatic rings. The van der Waals surface area contributed by atoms with E-state index < -0.39 is 0 Å². The number of nitrogens with two attached hydrogens (primary N) is 1. The number of amidine groups is 1. The Bertz CT molecular complexity index is 125. The predicted molar refractivity (Wildman–Crippen MR) is 42.7 cm³/mol. The van der Waals surface area contributed by atoms with Gasteiger partial charge in [0.05, 0.1) is 0 Å². The summed E-state index contributed by atoms with van der Waals surface area (Å²) in [4.78, 5) is 0. The Morgan fingerprint density at radius 1 is 1.70 bits per heavy atom. The van der Waals surface area contributed by atoms with Gasteiger partial charge in [0.15, 0.2) is 0 Å². The molecule has 1 aliphatic carbocycles. The smallest absolute Gasteiger partial charge is 0.121 e. The molecule has 0 aliphatic heterocycles. The highest BCUT2D eigenvalue weighted by molar-refractivity contribution is 5.85. The Labute approximate surface area is 66.9 Å². The Hall–Kier alpha value is -0.280. The Balaban J connectivity index is 0.000000810. The van der Waals surface area contributed by atoms with Crippen LogP contribution < -0.4 is 5.73 Å². The van der Waals surface area contributed by atoms with Gasteiger partial charge in [0, 0.05) is 7.11 Å². The number of nitrogens with one attached hydrogen (secondary N) is 1. The fourth-order valence-electron chi connectivity index (χ4n) is 0.972. The van der Waals surface area contributed by atoms with Gasteiger partial charge in [-0.3, -0.25) is 5.41 Å². The highest BCUT2D eigenvalue weighted by Gasteiger charge is 2.32. The third-order valence-electron chi connectivity index (χ3n) is 1.61. The van der Waals surface area contributed by atoms with E-state index in [0.29, 0.717) is 5.92 Å². The lowest BCUT2D eigenvalue weighted by molar-refractivity contribution is 0.136. The molecule has 0 spiro atoms. The molecule has 0 bridgehead atoms. The zero-order valence-electron chi connectivity index (χ0n) is 5.96. The van der Waals surface area contributed by atoms with Crippen molar-refractivity contribution in [1.82, 2.24) is 0 Å². The molecule has 1 saturated carbocycles. The van der Waals surface area contributed by atoms with Gasteiger partial charge < -0.3 is 10.5 Å². The molecule has 60 valence electrons.